The fraction of sp³-hybridized carbons (Fsp3) is 0.583. The molecule has 0 saturated heterocycles. The summed E-state index contributed by atoms with van der Waals surface area (Å²) in [5.41, 5.74) is 8.31. The van der Waals surface area contributed by atoms with Gasteiger partial charge in [0.15, 0.2) is 0 Å². The van der Waals surface area contributed by atoms with Gasteiger partial charge < -0.3 is 5.73 Å². The first-order chi connectivity index (χ1) is 7.13. The molecule has 2 unspecified atom stereocenters. The molecule has 0 radical (unpaired) electrons. The average Bonchev–Trinajstić information content (AvgIpc) is 2.49. The zero-order chi connectivity index (χ0) is 10.8. The number of hydrogen-bond donors (Lipinski definition) is 1. The maximum absolute atomic E-state index is 5.90. The van der Waals surface area contributed by atoms with E-state index in [4.69, 9.17) is 5.73 Å². The van der Waals surface area contributed by atoms with Gasteiger partial charge in [-0.1, -0.05) is 0 Å². The molecule has 1 saturated carbocycles. The number of nitrogens with zero attached hydrogens (tertiary/aromatic N) is 1. The van der Waals surface area contributed by atoms with Crippen molar-refractivity contribution in [2.45, 2.75) is 49.4 Å². The van der Waals surface area contributed by atoms with Crippen LogP contribution in [0.2, 0.25) is 0 Å². The molecule has 0 amide bonds. The summed E-state index contributed by atoms with van der Waals surface area (Å²) in [5.74, 6) is 0. The molecule has 2 atom stereocenters. The Labute approximate surface area is 95.7 Å². The number of nitrogens with two attached hydrogens (primary N) is 1. The van der Waals surface area contributed by atoms with Crippen molar-refractivity contribution in [2.75, 3.05) is 0 Å². The Balaban J connectivity index is 2.04. The highest BCUT2D eigenvalue weighted by molar-refractivity contribution is 7.99. The van der Waals surface area contributed by atoms with Gasteiger partial charge in [-0.05, 0) is 50.8 Å². The zero-order valence-electron chi connectivity index (χ0n) is 9.36. The van der Waals surface area contributed by atoms with Gasteiger partial charge in [-0.25, -0.2) is 4.98 Å². The first-order valence-electron chi connectivity index (χ1n) is 5.51. The summed E-state index contributed by atoms with van der Waals surface area (Å²) in [6, 6.07) is 4.69. The highest BCUT2D eigenvalue weighted by atomic mass is 32.2. The number of aryl methyl sites for hydroxylation is 2. The number of hydrogen-bond acceptors (Lipinski definition) is 3. The van der Waals surface area contributed by atoms with Gasteiger partial charge in [-0.15, -0.1) is 11.8 Å². The molecule has 0 spiro atoms. The van der Waals surface area contributed by atoms with E-state index < -0.39 is 0 Å². The Morgan fingerprint density at radius 3 is 2.73 bits per heavy atom. The van der Waals surface area contributed by atoms with Crippen LogP contribution >= 0.6 is 11.8 Å². The van der Waals surface area contributed by atoms with E-state index in [0.29, 0.717) is 11.3 Å². The highest BCUT2D eigenvalue weighted by Crippen LogP contribution is 2.33. The Morgan fingerprint density at radius 1 is 1.33 bits per heavy atom. The van der Waals surface area contributed by atoms with Gasteiger partial charge in [0.25, 0.3) is 0 Å². The van der Waals surface area contributed by atoms with E-state index in [2.05, 4.69) is 31.0 Å². The van der Waals surface area contributed by atoms with Crippen molar-refractivity contribution in [1.29, 1.82) is 0 Å². The largest absolute Gasteiger partial charge is 0.328 e. The molecule has 0 aliphatic heterocycles. The fourth-order valence-electron chi connectivity index (χ4n) is 2.12. The van der Waals surface area contributed by atoms with Crippen LogP contribution in [0.25, 0.3) is 0 Å². The molecule has 2 rings (SSSR count). The predicted octanol–water partition coefficient (Wildman–Crippen LogP) is 2.67. The maximum atomic E-state index is 5.90. The van der Waals surface area contributed by atoms with Crippen LogP contribution in [0.5, 0.6) is 0 Å². The lowest BCUT2D eigenvalue weighted by Gasteiger charge is -2.09. The van der Waals surface area contributed by atoms with E-state index in [0.717, 1.165) is 17.1 Å². The number of thioether (sulfide) groups is 1. The third-order valence-corrected chi connectivity index (χ3v) is 4.00. The van der Waals surface area contributed by atoms with Gasteiger partial charge >= 0.3 is 0 Å². The minimum atomic E-state index is 0.411. The van der Waals surface area contributed by atoms with Gasteiger partial charge in [0.1, 0.15) is 0 Å². The number of rotatable bonds is 2. The smallest absolute Gasteiger partial charge is 0.0968 e. The molecule has 0 bridgehead atoms. The minimum absolute atomic E-state index is 0.411. The SMILES string of the molecule is Cc1cc(C)nc(SC2CCC(N)C2)c1. The van der Waals surface area contributed by atoms with Crippen molar-refractivity contribution >= 4 is 11.8 Å². The van der Waals surface area contributed by atoms with E-state index in [-0.39, 0.29) is 0 Å². The topological polar surface area (TPSA) is 38.9 Å². The summed E-state index contributed by atoms with van der Waals surface area (Å²) in [5, 5.41) is 1.83. The Morgan fingerprint density at radius 2 is 2.13 bits per heavy atom. The number of aromatic nitrogens is 1. The van der Waals surface area contributed by atoms with Gasteiger partial charge in [-0.2, -0.15) is 0 Å². The lowest BCUT2D eigenvalue weighted by Crippen LogP contribution is -2.15. The molecule has 1 heterocycles. The summed E-state index contributed by atoms with van der Waals surface area (Å²) < 4.78 is 0. The first-order valence-corrected chi connectivity index (χ1v) is 6.39. The third kappa shape index (κ3) is 2.95. The molecule has 15 heavy (non-hydrogen) atoms. The van der Waals surface area contributed by atoms with Crippen LogP contribution in [0.1, 0.15) is 30.5 Å². The van der Waals surface area contributed by atoms with E-state index in [1.807, 2.05) is 11.8 Å². The second-order valence-corrected chi connectivity index (χ2v) is 5.76. The Hall–Kier alpha value is -0.540. The van der Waals surface area contributed by atoms with Gasteiger partial charge in [0.05, 0.1) is 5.03 Å². The van der Waals surface area contributed by atoms with Crippen molar-refractivity contribution in [3.63, 3.8) is 0 Å². The lowest BCUT2D eigenvalue weighted by molar-refractivity contribution is 0.705. The molecule has 82 valence electrons. The van der Waals surface area contributed by atoms with Crippen molar-refractivity contribution in [1.82, 2.24) is 4.98 Å². The normalized spacial score (nSPS) is 25.8. The zero-order valence-corrected chi connectivity index (χ0v) is 10.2. The van der Waals surface area contributed by atoms with Crippen LogP contribution in [0, 0.1) is 13.8 Å². The molecular formula is C12H18N2S. The van der Waals surface area contributed by atoms with Crippen molar-refractivity contribution < 1.29 is 0 Å². The van der Waals surface area contributed by atoms with Crippen LogP contribution in [0.15, 0.2) is 17.2 Å². The van der Waals surface area contributed by atoms with E-state index in [1.54, 1.807) is 0 Å². The number of pyridine rings is 1. The Kier molecular flexibility index (Phi) is 3.32. The van der Waals surface area contributed by atoms with E-state index >= 15 is 0 Å². The predicted molar refractivity (Wildman–Crippen MR) is 65.2 cm³/mol. The van der Waals surface area contributed by atoms with E-state index in [1.165, 1.54) is 18.4 Å². The molecular weight excluding hydrogens is 204 g/mol. The van der Waals surface area contributed by atoms with Crippen molar-refractivity contribution in [3.8, 4) is 0 Å². The van der Waals surface area contributed by atoms with Gasteiger partial charge in [-0.3, -0.25) is 0 Å². The van der Waals surface area contributed by atoms with Crippen LogP contribution in [-0.4, -0.2) is 16.3 Å². The molecule has 0 aromatic carbocycles. The van der Waals surface area contributed by atoms with E-state index in [9.17, 15) is 0 Å². The molecule has 2 nitrogen and oxygen atoms in total. The molecule has 1 aliphatic rings. The summed E-state index contributed by atoms with van der Waals surface area (Å²) in [4.78, 5) is 4.54. The Bertz CT molecular complexity index is 331. The summed E-state index contributed by atoms with van der Waals surface area (Å²) in [6.07, 6.45) is 3.54. The monoisotopic (exact) mass is 222 g/mol. The summed E-state index contributed by atoms with van der Waals surface area (Å²) in [7, 11) is 0. The van der Waals surface area contributed by atoms with Crippen LogP contribution in [-0.2, 0) is 0 Å². The second-order valence-electron chi connectivity index (χ2n) is 4.44. The molecule has 1 aromatic rings. The highest BCUT2D eigenvalue weighted by Gasteiger charge is 2.22. The van der Waals surface area contributed by atoms with Gasteiger partial charge in [0.2, 0.25) is 0 Å². The van der Waals surface area contributed by atoms with Gasteiger partial charge in [0, 0.05) is 17.0 Å². The summed E-state index contributed by atoms with van der Waals surface area (Å²) in [6.45, 7) is 4.18. The van der Waals surface area contributed by atoms with Crippen LogP contribution in [0.3, 0.4) is 0 Å². The van der Waals surface area contributed by atoms with Crippen molar-refractivity contribution in [3.05, 3.63) is 23.4 Å². The summed E-state index contributed by atoms with van der Waals surface area (Å²) >= 11 is 1.89. The minimum Gasteiger partial charge on any atom is -0.328 e. The standard InChI is InChI=1S/C12H18N2S/c1-8-5-9(2)14-12(6-8)15-11-4-3-10(13)7-11/h5-6,10-11H,3-4,7,13H2,1-2H3. The molecule has 3 heteroatoms. The molecule has 1 aromatic heterocycles. The third-order valence-electron chi connectivity index (χ3n) is 2.79. The van der Waals surface area contributed by atoms with Crippen LogP contribution in [0.4, 0.5) is 0 Å². The maximum Gasteiger partial charge on any atom is 0.0968 e. The molecule has 1 fully saturated rings. The second kappa shape index (κ2) is 4.54. The fourth-order valence-corrected chi connectivity index (χ4v) is 3.51. The van der Waals surface area contributed by atoms with Crippen LogP contribution < -0.4 is 5.73 Å². The molecule has 2 N–H and O–H groups in total. The first kappa shape index (κ1) is 11.0. The quantitative estimate of drug-likeness (QED) is 0.836. The lowest BCUT2D eigenvalue weighted by atomic mass is 10.3. The average molecular weight is 222 g/mol. The van der Waals surface area contributed by atoms with Crippen molar-refractivity contribution in [2.24, 2.45) is 5.73 Å². The molecule has 1 aliphatic carbocycles.